The molecule has 0 aliphatic rings. The summed E-state index contributed by atoms with van der Waals surface area (Å²) >= 11 is 0. The van der Waals surface area contributed by atoms with Crippen molar-refractivity contribution in [1.29, 1.82) is 0 Å². The minimum absolute atomic E-state index is 0.824. The Kier molecular flexibility index (Phi) is 4.62. The average Bonchev–Trinajstić information content (AvgIpc) is 3.20. The van der Waals surface area contributed by atoms with Gasteiger partial charge < -0.3 is 9.47 Å². The van der Waals surface area contributed by atoms with Gasteiger partial charge in [-0.2, -0.15) is 0 Å². The van der Waals surface area contributed by atoms with Gasteiger partial charge in [-0.05, 0) is 48.5 Å². The lowest BCUT2D eigenvalue weighted by Crippen LogP contribution is -1.96. The Hall–Kier alpha value is -3.53. The molecule has 0 saturated carbocycles. The molecule has 4 aromatic rings. The second kappa shape index (κ2) is 7.38. The minimum atomic E-state index is 0.824. The van der Waals surface area contributed by atoms with Gasteiger partial charge in [0.1, 0.15) is 17.3 Å². The van der Waals surface area contributed by atoms with E-state index in [4.69, 9.17) is 14.5 Å². The van der Waals surface area contributed by atoms with Crippen molar-refractivity contribution in [2.75, 3.05) is 14.2 Å². The lowest BCUT2D eigenvalue weighted by atomic mass is 10.2. The summed E-state index contributed by atoms with van der Waals surface area (Å²) in [5, 5.41) is 0. The molecule has 0 saturated heterocycles. The van der Waals surface area contributed by atoms with Crippen LogP contribution in [0.4, 0.5) is 0 Å². The van der Waals surface area contributed by atoms with Crippen LogP contribution in [0.5, 0.6) is 11.5 Å². The molecule has 3 aromatic carbocycles. The molecule has 4 heteroatoms. The van der Waals surface area contributed by atoms with Crippen LogP contribution >= 0.6 is 0 Å². The average molecular weight is 356 g/mol. The number of hydrogen-bond acceptors (Lipinski definition) is 3. The third-order valence-corrected chi connectivity index (χ3v) is 4.47. The van der Waals surface area contributed by atoms with Gasteiger partial charge in [-0.15, -0.1) is 0 Å². The van der Waals surface area contributed by atoms with Crippen molar-refractivity contribution in [2.45, 2.75) is 0 Å². The van der Waals surface area contributed by atoms with Crippen LogP contribution in [0.1, 0.15) is 0 Å². The number of benzene rings is 3. The Morgan fingerprint density at radius 3 is 1.85 bits per heavy atom. The summed E-state index contributed by atoms with van der Waals surface area (Å²) in [7, 11) is 3.34. The largest absolute Gasteiger partial charge is 0.497 e. The van der Waals surface area contributed by atoms with E-state index in [1.165, 1.54) is 0 Å². The summed E-state index contributed by atoms with van der Waals surface area (Å²) < 4.78 is 12.7. The second-order valence-electron chi connectivity index (χ2n) is 6.11. The lowest BCUT2D eigenvalue weighted by Gasteiger charge is -2.09. The highest BCUT2D eigenvalue weighted by Crippen LogP contribution is 2.29. The topological polar surface area (TPSA) is 36.3 Å². The van der Waals surface area contributed by atoms with Crippen molar-refractivity contribution in [1.82, 2.24) is 9.55 Å². The summed E-state index contributed by atoms with van der Waals surface area (Å²) in [6, 6.07) is 26.1. The Labute approximate surface area is 158 Å². The van der Waals surface area contributed by atoms with Crippen LogP contribution in [-0.4, -0.2) is 23.8 Å². The smallest absolute Gasteiger partial charge is 0.145 e. The normalized spacial score (nSPS) is 10.6. The molecule has 1 aromatic heterocycles. The second-order valence-corrected chi connectivity index (χ2v) is 6.11. The molecule has 0 atom stereocenters. The Morgan fingerprint density at radius 1 is 0.667 bits per heavy atom. The summed E-state index contributed by atoms with van der Waals surface area (Å²) in [6.07, 6.45) is 2.07. The summed E-state index contributed by atoms with van der Waals surface area (Å²) in [5.74, 6) is 2.53. The first kappa shape index (κ1) is 16.9. The van der Waals surface area contributed by atoms with E-state index < -0.39 is 0 Å². The van der Waals surface area contributed by atoms with E-state index in [0.29, 0.717) is 0 Å². The Morgan fingerprint density at radius 2 is 1.26 bits per heavy atom. The van der Waals surface area contributed by atoms with Gasteiger partial charge in [0.2, 0.25) is 0 Å². The fourth-order valence-electron chi connectivity index (χ4n) is 3.01. The highest BCUT2D eigenvalue weighted by molar-refractivity contribution is 5.67. The maximum atomic E-state index is 5.28. The van der Waals surface area contributed by atoms with Gasteiger partial charge in [0, 0.05) is 23.0 Å². The van der Waals surface area contributed by atoms with Crippen molar-refractivity contribution >= 4 is 0 Å². The Bertz CT molecular complexity index is 955. The number of rotatable bonds is 5. The van der Waals surface area contributed by atoms with Crippen LogP contribution in [0.2, 0.25) is 0 Å². The molecule has 0 unspecified atom stereocenters. The maximum Gasteiger partial charge on any atom is 0.145 e. The monoisotopic (exact) mass is 356 g/mol. The van der Waals surface area contributed by atoms with E-state index in [2.05, 4.69) is 22.9 Å². The summed E-state index contributed by atoms with van der Waals surface area (Å²) in [5.41, 5.74) is 4.06. The number of nitrogens with zero attached hydrogens (tertiary/aromatic N) is 2. The van der Waals surface area contributed by atoms with Crippen molar-refractivity contribution in [3.63, 3.8) is 0 Å². The third-order valence-electron chi connectivity index (χ3n) is 4.47. The Balaban J connectivity index is 1.85. The lowest BCUT2D eigenvalue weighted by molar-refractivity contribution is 0.414. The molecule has 1 heterocycles. The van der Waals surface area contributed by atoms with E-state index in [0.717, 1.165) is 39.8 Å². The van der Waals surface area contributed by atoms with Gasteiger partial charge in [0.05, 0.1) is 19.9 Å². The maximum absolute atomic E-state index is 5.28. The highest BCUT2D eigenvalue weighted by atomic mass is 16.5. The van der Waals surface area contributed by atoms with Crippen LogP contribution in [-0.2, 0) is 0 Å². The number of hydrogen-bond donors (Lipinski definition) is 0. The first-order valence-corrected chi connectivity index (χ1v) is 8.72. The van der Waals surface area contributed by atoms with Gasteiger partial charge >= 0.3 is 0 Å². The molecule has 0 amide bonds. The fourth-order valence-corrected chi connectivity index (χ4v) is 3.01. The molecule has 134 valence electrons. The van der Waals surface area contributed by atoms with Crippen LogP contribution in [0, 0.1) is 0 Å². The van der Waals surface area contributed by atoms with Gasteiger partial charge in [0.25, 0.3) is 0 Å². The van der Waals surface area contributed by atoms with E-state index in [-0.39, 0.29) is 0 Å². The van der Waals surface area contributed by atoms with E-state index in [1.807, 2.05) is 66.7 Å². The van der Waals surface area contributed by atoms with Crippen LogP contribution < -0.4 is 9.47 Å². The van der Waals surface area contributed by atoms with Crippen molar-refractivity contribution in [2.24, 2.45) is 0 Å². The molecular weight excluding hydrogens is 336 g/mol. The quantitative estimate of drug-likeness (QED) is 0.492. The zero-order valence-electron chi connectivity index (χ0n) is 15.3. The van der Waals surface area contributed by atoms with Crippen LogP contribution in [0.3, 0.4) is 0 Å². The van der Waals surface area contributed by atoms with E-state index in [1.54, 1.807) is 14.2 Å². The summed E-state index contributed by atoms with van der Waals surface area (Å²) in [6.45, 7) is 0. The zero-order valence-corrected chi connectivity index (χ0v) is 15.3. The van der Waals surface area contributed by atoms with Gasteiger partial charge in [0.15, 0.2) is 0 Å². The molecule has 4 nitrogen and oxygen atoms in total. The first-order chi connectivity index (χ1) is 13.3. The molecule has 0 aliphatic heterocycles. The van der Waals surface area contributed by atoms with E-state index in [9.17, 15) is 0 Å². The zero-order chi connectivity index (χ0) is 18.6. The fraction of sp³-hybridized carbons (Fsp3) is 0.0870. The van der Waals surface area contributed by atoms with Crippen LogP contribution in [0.15, 0.2) is 85.1 Å². The highest BCUT2D eigenvalue weighted by Gasteiger charge is 2.13. The summed E-state index contributed by atoms with van der Waals surface area (Å²) in [4.78, 5) is 4.92. The molecular formula is C23H20N2O2. The molecule has 0 bridgehead atoms. The molecule has 4 rings (SSSR count). The number of methoxy groups -OCH3 is 2. The van der Waals surface area contributed by atoms with Gasteiger partial charge in [-0.25, -0.2) is 4.98 Å². The molecule has 0 aliphatic carbocycles. The number of ether oxygens (including phenoxy) is 2. The van der Waals surface area contributed by atoms with E-state index >= 15 is 0 Å². The SMILES string of the molecule is COc1ccc(-c2nc(-c3ccccc3)cn2-c2ccc(OC)cc2)cc1. The van der Waals surface area contributed by atoms with Crippen molar-refractivity contribution < 1.29 is 9.47 Å². The molecule has 0 radical (unpaired) electrons. The van der Waals surface area contributed by atoms with Crippen molar-refractivity contribution in [3.8, 4) is 39.8 Å². The molecule has 0 fully saturated rings. The predicted molar refractivity (Wildman–Crippen MR) is 108 cm³/mol. The minimum Gasteiger partial charge on any atom is -0.497 e. The molecule has 0 spiro atoms. The van der Waals surface area contributed by atoms with Gasteiger partial charge in [-0.1, -0.05) is 30.3 Å². The van der Waals surface area contributed by atoms with Crippen molar-refractivity contribution in [3.05, 3.63) is 85.1 Å². The predicted octanol–water partition coefficient (Wildman–Crippen LogP) is 5.22. The molecule has 0 N–H and O–H groups in total. The standard InChI is InChI=1S/C23H20N2O2/c1-26-20-12-8-18(9-13-20)23-24-22(17-6-4-3-5-7-17)16-25(23)19-10-14-21(27-2)15-11-19/h3-16H,1-2H3. The third kappa shape index (κ3) is 3.42. The van der Waals surface area contributed by atoms with Crippen LogP contribution in [0.25, 0.3) is 28.3 Å². The number of imidazole rings is 1. The first-order valence-electron chi connectivity index (χ1n) is 8.72. The van der Waals surface area contributed by atoms with Gasteiger partial charge in [-0.3, -0.25) is 4.57 Å². The molecule has 27 heavy (non-hydrogen) atoms. The number of aromatic nitrogens is 2.